The molecule has 1 aliphatic heterocycles. The van der Waals surface area contributed by atoms with Gasteiger partial charge in [0.1, 0.15) is 17.5 Å². The Morgan fingerprint density at radius 3 is 2.52 bits per heavy atom. The van der Waals surface area contributed by atoms with Gasteiger partial charge in [-0.3, -0.25) is 9.59 Å². The molecule has 2 heterocycles. The Morgan fingerprint density at radius 1 is 0.918 bits per heavy atom. The fourth-order valence-electron chi connectivity index (χ4n) is 10.4. The van der Waals surface area contributed by atoms with E-state index in [-0.39, 0.29) is 36.5 Å². The van der Waals surface area contributed by atoms with Crippen molar-refractivity contribution in [3.63, 3.8) is 0 Å². The van der Waals surface area contributed by atoms with Gasteiger partial charge in [-0.25, -0.2) is 4.98 Å². The SMILES string of the molecule is COc1cc2c(cc1O)C(CCC(O)CC(c1ccnc(N)c1)c1ccc3ccccc3c1)C#CC(C(O)CCCC(CCCO)C1CNC3CC(=O)CCC3C1)C(=O)CC2. The Kier molecular flexibility index (Phi) is 15.1. The highest BCUT2D eigenvalue weighted by Crippen LogP contribution is 2.40. The third kappa shape index (κ3) is 11.2. The van der Waals surface area contributed by atoms with Crippen molar-refractivity contribution in [3.05, 3.63) is 95.2 Å². The van der Waals surface area contributed by atoms with E-state index in [1.54, 1.807) is 18.3 Å². The Bertz CT molecular complexity index is 2200. The van der Waals surface area contributed by atoms with E-state index in [2.05, 4.69) is 52.5 Å². The zero-order valence-electron chi connectivity index (χ0n) is 35.5. The highest BCUT2D eigenvalue weighted by atomic mass is 16.5. The molecule has 10 nitrogen and oxygen atoms in total. The lowest BCUT2D eigenvalue weighted by molar-refractivity contribution is -0.124. The number of nitrogen functional groups attached to an aromatic ring is 1. The summed E-state index contributed by atoms with van der Waals surface area (Å²) in [5, 5.41) is 50.0. The number of methoxy groups -OCH3 is 1. The number of aliphatic hydroxyl groups excluding tert-OH is 3. The number of ether oxygens (including phenoxy) is 1. The van der Waals surface area contributed by atoms with Crippen molar-refractivity contribution in [2.24, 2.45) is 23.7 Å². The smallest absolute Gasteiger partial charge is 0.160 e. The number of aryl methyl sites for hydroxylation is 1. The van der Waals surface area contributed by atoms with Crippen molar-refractivity contribution in [1.82, 2.24) is 10.3 Å². The van der Waals surface area contributed by atoms with Gasteiger partial charge >= 0.3 is 0 Å². The van der Waals surface area contributed by atoms with Crippen LogP contribution in [0, 0.1) is 35.5 Å². The van der Waals surface area contributed by atoms with E-state index in [1.165, 1.54) is 7.11 Å². The molecule has 3 aliphatic rings. The van der Waals surface area contributed by atoms with Crippen molar-refractivity contribution in [1.29, 1.82) is 0 Å². The number of phenolic OH excluding ortho intramolecular Hbond substituents is 1. The summed E-state index contributed by atoms with van der Waals surface area (Å²) in [6.45, 7) is 1.00. The van der Waals surface area contributed by atoms with Crippen LogP contribution in [-0.2, 0) is 16.0 Å². The number of aromatic nitrogens is 1. The van der Waals surface area contributed by atoms with Gasteiger partial charge in [-0.1, -0.05) is 67.1 Å². The summed E-state index contributed by atoms with van der Waals surface area (Å²) in [6.07, 6.45) is 8.89. The number of ketones is 2. The summed E-state index contributed by atoms with van der Waals surface area (Å²) in [6, 6.07) is 22.1. The number of nitrogens with zero attached hydrogens (tertiary/aromatic N) is 1. The Morgan fingerprint density at radius 2 is 1.72 bits per heavy atom. The molecular weight excluding hydrogens is 767 g/mol. The third-order valence-electron chi connectivity index (χ3n) is 13.8. The van der Waals surface area contributed by atoms with E-state index in [0.29, 0.717) is 80.1 Å². The third-order valence-corrected chi connectivity index (χ3v) is 13.8. The molecule has 9 atom stereocenters. The van der Waals surface area contributed by atoms with Crippen LogP contribution < -0.4 is 15.8 Å². The molecule has 2 aliphatic carbocycles. The van der Waals surface area contributed by atoms with E-state index < -0.39 is 24.0 Å². The number of aliphatic hydroxyl groups is 3. The molecule has 1 aromatic heterocycles. The lowest BCUT2D eigenvalue weighted by atomic mass is 9.70. The van der Waals surface area contributed by atoms with Gasteiger partial charge in [-0.2, -0.15) is 0 Å². The molecule has 1 saturated heterocycles. The fraction of sp³-hybridized carbons (Fsp3) is 0.510. The zero-order valence-corrected chi connectivity index (χ0v) is 35.5. The maximum Gasteiger partial charge on any atom is 0.160 e. The van der Waals surface area contributed by atoms with Crippen LogP contribution >= 0.6 is 0 Å². The second-order valence-electron chi connectivity index (χ2n) is 17.8. The van der Waals surface area contributed by atoms with Crippen LogP contribution in [0.25, 0.3) is 10.8 Å². The first-order chi connectivity index (χ1) is 29.6. The van der Waals surface area contributed by atoms with Gasteiger partial charge in [0.05, 0.1) is 19.3 Å². The summed E-state index contributed by atoms with van der Waals surface area (Å²) >= 11 is 0. The van der Waals surface area contributed by atoms with Crippen molar-refractivity contribution >= 4 is 28.2 Å². The summed E-state index contributed by atoms with van der Waals surface area (Å²) in [5.41, 5.74) is 9.82. The first-order valence-corrected chi connectivity index (χ1v) is 22.5. The van der Waals surface area contributed by atoms with Crippen molar-refractivity contribution < 1.29 is 34.8 Å². The highest BCUT2D eigenvalue weighted by Gasteiger charge is 2.37. The van der Waals surface area contributed by atoms with Crippen molar-refractivity contribution in [2.45, 2.75) is 120 Å². The second-order valence-corrected chi connectivity index (χ2v) is 17.8. The molecule has 7 N–H and O–H groups in total. The quantitative estimate of drug-likeness (QED) is 0.0590. The number of hydrogen-bond acceptors (Lipinski definition) is 10. The number of nitrogens with one attached hydrogen (secondary N) is 1. The molecule has 0 spiro atoms. The molecule has 3 aromatic carbocycles. The standard InChI is InChI=1S/C51H63N3O7/c1-61-50-26-37-16-20-48(59)43(47(58)10-4-8-32(9-5-23-55)40-25-39-14-18-42(57)29-46(39)54-31-40)19-15-34(45(37)30-49(50)60)13-17-41(56)28-44(38-21-22-53-51(52)27-38)36-12-11-33-6-2-3-7-35(33)24-36/h2-3,6-7,11-12,21-22,24,26-27,30,32,34,39-41,43-44,46-47,54-56,58,60H,4-5,8-10,13-14,16-18,20,23,25,28-29,31H2,1H3,(H2,52,53). The van der Waals surface area contributed by atoms with Gasteiger partial charge in [-0.05, 0) is 139 Å². The number of nitrogens with two attached hydrogens (primary N) is 1. The molecule has 9 unspecified atom stereocenters. The van der Waals surface area contributed by atoms with E-state index in [1.807, 2.05) is 24.3 Å². The average Bonchev–Trinajstić information content (AvgIpc) is 3.32. The molecule has 1 saturated carbocycles. The number of carbonyl (C=O) groups is 2. The highest BCUT2D eigenvalue weighted by molar-refractivity contribution is 5.85. The minimum absolute atomic E-state index is 0.0150. The number of phenols is 1. The van der Waals surface area contributed by atoms with Gasteiger partial charge in [0.15, 0.2) is 17.3 Å². The summed E-state index contributed by atoms with van der Waals surface area (Å²) in [5.74, 6) is 7.43. The number of aromatic hydroxyl groups is 1. The van der Waals surface area contributed by atoms with Gasteiger partial charge in [0.25, 0.3) is 0 Å². The van der Waals surface area contributed by atoms with Crippen LogP contribution in [-0.4, -0.2) is 75.5 Å². The number of carbonyl (C=O) groups excluding carboxylic acids is 2. The van der Waals surface area contributed by atoms with Gasteiger partial charge < -0.3 is 36.2 Å². The molecular formula is C51H63N3O7. The Labute approximate surface area is 360 Å². The minimum atomic E-state index is -0.942. The maximum atomic E-state index is 13.8. The molecule has 0 amide bonds. The van der Waals surface area contributed by atoms with Crippen LogP contribution in [0.15, 0.2) is 72.9 Å². The molecule has 0 bridgehead atoms. The number of anilines is 1. The Balaban J connectivity index is 1.06. The van der Waals surface area contributed by atoms with E-state index in [0.717, 1.165) is 78.1 Å². The minimum Gasteiger partial charge on any atom is -0.504 e. The molecule has 0 radical (unpaired) electrons. The van der Waals surface area contributed by atoms with E-state index >= 15 is 0 Å². The van der Waals surface area contributed by atoms with Crippen molar-refractivity contribution in [2.75, 3.05) is 26.0 Å². The summed E-state index contributed by atoms with van der Waals surface area (Å²) in [4.78, 5) is 30.1. The monoisotopic (exact) mass is 829 g/mol. The molecule has 10 heteroatoms. The second kappa shape index (κ2) is 20.9. The lowest BCUT2D eigenvalue weighted by Gasteiger charge is -2.42. The van der Waals surface area contributed by atoms with Gasteiger partial charge in [-0.15, -0.1) is 0 Å². The molecule has 7 rings (SSSR count). The molecule has 4 aromatic rings. The fourth-order valence-corrected chi connectivity index (χ4v) is 10.4. The number of Topliss-reactive ketones (excluding diaryl/α,β-unsaturated/α-hetero) is 2. The van der Waals surface area contributed by atoms with Crippen LogP contribution in [0.2, 0.25) is 0 Å². The topological polar surface area (TPSA) is 175 Å². The predicted molar refractivity (Wildman–Crippen MR) is 238 cm³/mol. The van der Waals surface area contributed by atoms with E-state index in [4.69, 9.17) is 10.5 Å². The molecule has 324 valence electrons. The maximum absolute atomic E-state index is 13.8. The van der Waals surface area contributed by atoms with Crippen LogP contribution in [0.1, 0.15) is 118 Å². The van der Waals surface area contributed by atoms with Gasteiger partial charge in [0.2, 0.25) is 0 Å². The summed E-state index contributed by atoms with van der Waals surface area (Å²) < 4.78 is 5.46. The van der Waals surface area contributed by atoms with Crippen molar-refractivity contribution in [3.8, 4) is 23.3 Å². The number of pyridine rings is 1. The first-order valence-electron chi connectivity index (χ1n) is 22.5. The van der Waals surface area contributed by atoms with Crippen LogP contribution in [0.5, 0.6) is 11.5 Å². The van der Waals surface area contributed by atoms with Crippen LogP contribution in [0.4, 0.5) is 5.82 Å². The Hall–Kier alpha value is -4.79. The zero-order chi connectivity index (χ0) is 42.9. The number of hydrogen-bond donors (Lipinski definition) is 6. The molecule has 61 heavy (non-hydrogen) atoms. The number of rotatable bonds is 17. The largest absolute Gasteiger partial charge is 0.504 e. The van der Waals surface area contributed by atoms with E-state index in [9.17, 15) is 30.0 Å². The number of fused-ring (bicyclic) bond motifs is 3. The number of benzene rings is 3. The first kappa shape index (κ1) is 44.3. The molecule has 2 fully saturated rings. The lowest BCUT2D eigenvalue weighted by Crippen LogP contribution is -2.50. The summed E-state index contributed by atoms with van der Waals surface area (Å²) in [7, 11) is 1.50. The number of piperidine rings is 1. The van der Waals surface area contributed by atoms with Crippen LogP contribution in [0.3, 0.4) is 0 Å². The normalized spacial score (nSPS) is 23.6. The predicted octanol–water partition coefficient (Wildman–Crippen LogP) is 7.38. The van der Waals surface area contributed by atoms with Gasteiger partial charge in [0, 0.05) is 49.9 Å². The average molecular weight is 830 g/mol.